The van der Waals surface area contributed by atoms with E-state index in [0.29, 0.717) is 0 Å². The number of aromatic nitrogens is 1. The Kier molecular flexibility index (Phi) is 12.2. The number of benzene rings is 1. The molecule has 0 amide bonds. The van der Waals surface area contributed by atoms with Gasteiger partial charge in [0.15, 0.2) is 29.7 Å². The van der Waals surface area contributed by atoms with E-state index in [1.165, 1.54) is 36.7 Å². The Morgan fingerprint density at radius 1 is 0.750 bits per heavy atom. The first-order chi connectivity index (χ1) is 26.3. The molecule has 15 heteroatoms. The number of hydrogen-bond acceptors (Lipinski definition) is 15. The molecule has 1 aromatic carbocycles. The zero-order chi connectivity index (χ0) is 41.3. The largest absolute Gasteiger partial charge is 0.462 e. The lowest BCUT2D eigenvalue weighted by molar-refractivity contribution is -0.188. The number of carbonyl (C=O) groups is 7. The Morgan fingerprint density at radius 2 is 1.34 bits per heavy atom. The Bertz CT molecular complexity index is 1880. The maximum Gasteiger partial charge on any atom is 0.340 e. The van der Waals surface area contributed by atoms with Crippen molar-refractivity contribution in [2.45, 2.75) is 110 Å². The Morgan fingerprint density at radius 3 is 1.91 bits per heavy atom. The smallest absolute Gasteiger partial charge is 0.340 e. The van der Waals surface area contributed by atoms with Crippen molar-refractivity contribution in [2.75, 3.05) is 0 Å². The summed E-state index contributed by atoms with van der Waals surface area (Å²) in [4.78, 5) is 98.8. The Labute approximate surface area is 324 Å². The number of carbonyl (C=O) groups excluding carboxylic acids is 7. The molecule has 2 saturated carbocycles. The molecule has 1 aliphatic heterocycles. The van der Waals surface area contributed by atoms with Crippen LogP contribution in [0.1, 0.15) is 82.5 Å². The second-order valence-electron chi connectivity index (χ2n) is 15.2. The average Bonchev–Trinajstić information content (AvgIpc) is 3.91. The van der Waals surface area contributed by atoms with Crippen molar-refractivity contribution in [1.29, 1.82) is 0 Å². The third kappa shape index (κ3) is 8.37. The second-order valence-corrected chi connectivity index (χ2v) is 15.2. The third-order valence-electron chi connectivity index (χ3n) is 10.6. The van der Waals surface area contributed by atoms with Crippen molar-refractivity contribution < 1.29 is 66.7 Å². The van der Waals surface area contributed by atoms with Crippen LogP contribution < -0.4 is 0 Å². The summed E-state index contributed by atoms with van der Waals surface area (Å²) >= 11 is 0. The molecule has 300 valence electrons. The van der Waals surface area contributed by atoms with E-state index in [9.17, 15) is 28.8 Å². The molecule has 5 unspecified atom stereocenters. The molecule has 56 heavy (non-hydrogen) atoms. The van der Waals surface area contributed by atoms with Gasteiger partial charge in [0.25, 0.3) is 0 Å². The summed E-state index contributed by atoms with van der Waals surface area (Å²) in [5, 5.41) is 0. The first-order valence-electron chi connectivity index (χ1n) is 18.3. The van der Waals surface area contributed by atoms with Crippen LogP contribution in [0.3, 0.4) is 0 Å². The van der Waals surface area contributed by atoms with E-state index in [2.05, 4.69) is 11.6 Å². The predicted octanol–water partition coefficient (Wildman–Crippen LogP) is 4.15. The molecular formula is C41H47NO14. The topological polar surface area (TPSA) is 200 Å². The molecule has 2 aliphatic carbocycles. The van der Waals surface area contributed by atoms with E-state index in [4.69, 9.17) is 33.2 Å². The minimum absolute atomic E-state index is 0.0374. The van der Waals surface area contributed by atoms with Crippen LogP contribution in [0.15, 0.2) is 67.0 Å². The number of pyridine rings is 1. The zero-order valence-electron chi connectivity index (χ0n) is 32.5. The molecule has 0 radical (unpaired) electrons. The molecule has 15 nitrogen and oxygen atoms in total. The third-order valence-corrected chi connectivity index (χ3v) is 10.6. The van der Waals surface area contributed by atoms with Crippen LogP contribution in [0, 0.1) is 23.2 Å². The van der Waals surface area contributed by atoms with E-state index in [1.807, 2.05) is 0 Å². The number of hydrogen-bond donors (Lipinski definition) is 0. The number of ketones is 1. The first-order valence-corrected chi connectivity index (χ1v) is 18.3. The highest BCUT2D eigenvalue weighted by molar-refractivity contribution is 5.93. The van der Waals surface area contributed by atoms with Crippen molar-refractivity contribution >= 4 is 41.6 Å². The molecular weight excluding hydrogens is 730 g/mol. The number of Topliss-reactive ketones (excluding diaryl/α,β-unsaturated/α-hetero) is 1. The van der Waals surface area contributed by atoms with Gasteiger partial charge in [0, 0.05) is 63.4 Å². The van der Waals surface area contributed by atoms with Crippen molar-refractivity contribution in [3.8, 4) is 0 Å². The number of fused-ring (bicyclic) bond motifs is 2. The van der Waals surface area contributed by atoms with Crippen LogP contribution in [0.5, 0.6) is 0 Å². The molecule has 11 atom stereocenters. The van der Waals surface area contributed by atoms with Crippen LogP contribution in [0.25, 0.3) is 0 Å². The molecule has 1 aromatic heterocycles. The van der Waals surface area contributed by atoms with Crippen LogP contribution in [0.2, 0.25) is 0 Å². The molecule has 2 aromatic rings. The van der Waals surface area contributed by atoms with E-state index in [-0.39, 0.29) is 23.1 Å². The maximum absolute atomic E-state index is 15.0. The van der Waals surface area contributed by atoms with Crippen LogP contribution in [0.4, 0.5) is 0 Å². The number of esters is 6. The molecule has 2 heterocycles. The predicted molar refractivity (Wildman–Crippen MR) is 193 cm³/mol. The van der Waals surface area contributed by atoms with Gasteiger partial charge in [-0.2, -0.15) is 0 Å². The second kappa shape index (κ2) is 16.3. The lowest BCUT2D eigenvalue weighted by Crippen LogP contribution is -2.60. The van der Waals surface area contributed by atoms with Gasteiger partial charge in [0.05, 0.1) is 29.3 Å². The molecule has 0 N–H and O–H groups in total. The summed E-state index contributed by atoms with van der Waals surface area (Å²) in [5.41, 5.74) is -3.58. The summed E-state index contributed by atoms with van der Waals surface area (Å²) < 4.78 is 42.4. The van der Waals surface area contributed by atoms with Gasteiger partial charge in [-0.3, -0.25) is 29.0 Å². The monoisotopic (exact) mass is 777 g/mol. The van der Waals surface area contributed by atoms with Crippen molar-refractivity contribution in [2.24, 2.45) is 23.2 Å². The van der Waals surface area contributed by atoms with E-state index >= 15 is 4.79 Å². The van der Waals surface area contributed by atoms with Crippen molar-refractivity contribution in [1.82, 2.24) is 4.98 Å². The van der Waals surface area contributed by atoms with Crippen LogP contribution >= 0.6 is 0 Å². The van der Waals surface area contributed by atoms with Crippen molar-refractivity contribution in [3.63, 3.8) is 0 Å². The normalized spacial score (nSPS) is 32.1. The molecule has 1 saturated heterocycles. The summed E-state index contributed by atoms with van der Waals surface area (Å²) in [6.07, 6.45) is -7.17. The van der Waals surface area contributed by atoms with Gasteiger partial charge in [-0.25, -0.2) is 9.59 Å². The quantitative estimate of drug-likeness (QED) is 0.160. The Balaban J connectivity index is 1.82. The number of ether oxygens (including phenoxy) is 7. The summed E-state index contributed by atoms with van der Waals surface area (Å²) in [5.74, 6) is -8.98. The maximum atomic E-state index is 15.0. The summed E-state index contributed by atoms with van der Waals surface area (Å²) in [7, 11) is 0. The molecule has 3 aliphatic rings. The minimum atomic E-state index is -2.10. The van der Waals surface area contributed by atoms with Crippen molar-refractivity contribution in [3.05, 3.63) is 78.1 Å². The highest BCUT2D eigenvalue weighted by atomic mass is 16.6. The van der Waals surface area contributed by atoms with Gasteiger partial charge < -0.3 is 33.2 Å². The lowest BCUT2D eigenvalue weighted by Gasteiger charge is -2.45. The number of epoxide rings is 1. The van der Waals surface area contributed by atoms with Gasteiger partial charge >= 0.3 is 35.8 Å². The average molecular weight is 778 g/mol. The van der Waals surface area contributed by atoms with Gasteiger partial charge in [-0.05, 0) is 30.2 Å². The highest BCUT2D eigenvalue weighted by Crippen LogP contribution is 2.54. The minimum Gasteiger partial charge on any atom is -0.462 e. The fourth-order valence-corrected chi connectivity index (χ4v) is 8.24. The molecule has 0 bridgehead atoms. The van der Waals surface area contributed by atoms with Gasteiger partial charge in [0.2, 0.25) is 0 Å². The van der Waals surface area contributed by atoms with Crippen LogP contribution in [-0.2, 0) is 57.1 Å². The molecule has 5 rings (SSSR count). The SMILES string of the molecule is C=C1C(OC(C)=O)C(OC(=O)c2ccccc2)C(OC(=O)c2cccnc2)C(C)(C)[C@H]2O[C@@H]2C(C)C(=O)[C@@]2(OC(C)=O)C[C@H](C)[C@H](OC(C)=O)[C@@H]2C1OC(C)=O. The van der Waals surface area contributed by atoms with Gasteiger partial charge in [0.1, 0.15) is 12.2 Å². The fraction of sp³-hybridized carbons (Fsp3) is 0.512. The van der Waals surface area contributed by atoms with Gasteiger partial charge in [-0.15, -0.1) is 0 Å². The number of rotatable bonds is 8. The number of nitrogens with zero attached hydrogens (tertiary/aromatic N) is 1. The van der Waals surface area contributed by atoms with E-state index in [1.54, 1.807) is 45.9 Å². The first kappa shape index (κ1) is 41.7. The van der Waals surface area contributed by atoms with Crippen LogP contribution in [-0.4, -0.2) is 94.9 Å². The lowest BCUT2D eigenvalue weighted by atomic mass is 9.69. The summed E-state index contributed by atoms with van der Waals surface area (Å²) in [6, 6.07) is 10.9. The van der Waals surface area contributed by atoms with Gasteiger partial charge in [-0.1, -0.05) is 52.5 Å². The zero-order valence-corrected chi connectivity index (χ0v) is 32.5. The highest BCUT2D eigenvalue weighted by Gasteiger charge is 2.69. The summed E-state index contributed by atoms with van der Waals surface area (Å²) in [6.45, 7) is 15.2. The fourth-order valence-electron chi connectivity index (χ4n) is 8.24. The van der Waals surface area contributed by atoms with E-state index < -0.39 is 113 Å². The Hall–Kier alpha value is -5.44. The van der Waals surface area contributed by atoms with E-state index in [0.717, 1.165) is 27.7 Å². The molecule has 0 spiro atoms. The standard InChI is InChI=1S/C41H47NO14/c1-20-18-41(56-26(7)46)29(30(20)50-23(4)43)31(51-24(5)44)21(2)32(52-25(6)45)34(54-38(48)27-14-11-10-12-15-27)37(55-39(49)28-16-13-17-42-19-28)40(8,9)36-33(53-36)22(3)35(41)47/h10-17,19-20,22,29-34,36-37H,2,18H2,1,3-9H3/t20-,22?,29+,30-,31?,32?,33+,34?,36-,37?,41+/m0/s1. The molecule has 3 fully saturated rings.